The van der Waals surface area contributed by atoms with Crippen LogP contribution in [0.1, 0.15) is 60.3 Å². The van der Waals surface area contributed by atoms with Crippen LogP contribution in [-0.4, -0.2) is 35.4 Å². The van der Waals surface area contributed by atoms with Gasteiger partial charge in [-0.05, 0) is 42.6 Å². The summed E-state index contributed by atoms with van der Waals surface area (Å²) in [5.41, 5.74) is 1.17. The van der Waals surface area contributed by atoms with Crippen LogP contribution in [0.15, 0.2) is 22.8 Å². The van der Waals surface area contributed by atoms with Gasteiger partial charge in [0, 0.05) is 29.4 Å². The van der Waals surface area contributed by atoms with Crippen LogP contribution in [0, 0.1) is 22.7 Å². The van der Waals surface area contributed by atoms with Gasteiger partial charge in [0.25, 0.3) is 0 Å². The average Bonchev–Trinajstić information content (AvgIpc) is 2.70. The molecule has 148 valence electrons. The second kappa shape index (κ2) is 6.69. The van der Waals surface area contributed by atoms with Crippen LogP contribution >= 0.6 is 0 Å². The standard InChI is InChI=1S/C22H30O5/c1-12(2)18-20(27-13(3)24)19(26)16-10-15-14(11-23)17(25)6-7-21(15,4)8-9-22(16,18)5/h10-12,17-18,20,25H,6-9H2,1-5H3. The molecule has 0 aliphatic heterocycles. The van der Waals surface area contributed by atoms with E-state index >= 15 is 0 Å². The summed E-state index contributed by atoms with van der Waals surface area (Å²) in [5.74, 6) is -0.555. The molecule has 5 nitrogen and oxygen atoms in total. The Morgan fingerprint density at radius 2 is 1.96 bits per heavy atom. The van der Waals surface area contributed by atoms with Crippen molar-refractivity contribution in [3.63, 3.8) is 0 Å². The average molecular weight is 374 g/mol. The minimum atomic E-state index is -0.784. The maximum Gasteiger partial charge on any atom is 0.303 e. The maximum atomic E-state index is 13.3. The third-order valence-electron chi connectivity index (χ3n) is 7.11. The van der Waals surface area contributed by atoms with Crippen LogP contribution in [0.2, 0.25) is 0 Å². The second-order valence-corrected chi connectivity index (χ2v) is 9.24. The lowest BCUT2D eigenvalue weighted by molar-refractivity contribution is -0.155. The first kappa shape index (κ1) is 20.0. The Morgan fingerprint density at radius 1 is 1.30 bits per heavy atom. The van der Waals surface area contributed by atoms with Crippen molar-refractivity contribution in [3.05, 3.63) is 22.8 Å². The smallest absolute Gasteiger partial charge is 0.303 e. The molecule has 3 aliphatic carbocycles. The summed E-state index contributed by atoms with van der Waals surface area (Å²) in [6.45, 7) is 9.65. The van der Waals surface area contributed by atoms with E-state index in [1.54, 1.807) is 0 Å². The Morgan fingerprint density at radius 3 is 2.52 bits per heavy atom. The highest BCUT2D eigenvalue weighted by Gasteiger charge is 2.58. The second-order valence-electron chi connectivity index (χ2n) is 9.24. The molecule has 0 radical (unpaired) electrons. The molecule has 5 heteroatoms. The van der Waals surface area contributed by atoms with Crippen molar-refractivity contribution >= 4 is 18.0 Å². The van der Waals surface area contributed by atoms with Gasteiger partial charge in [-0.3, -0.25) is 14.4 Å². The summed E-state index contributed by atoms with van der Waals surface area (Å²) in [6.07, 6.45) is 3.98. The Labute approximate surface area is 160 Å². The Bertz CT molecular complexity index is 746. The largest absolute Gasteiger partial charge is 0.454 e. The normalized spacial score (nSPS) is 38.9. The van der Waals surface area contributed by atoms with Crippen LogP contribution in [0.25, 0.3) is 0 Å². The number of esters is 1. The summed E-state index contributed by atoms with van der Waals surface area (Å²) >= 11 is 0. The molecule has 1 N–H and O–H groups in total. The molecule has 0 bridgehead atoms. The van der Waals surface area contributed by atoms with Gasteiger partial charge in [-0.15, -0.1) is 0 Å². The highest BCUT2D eigenvalue weighted by molar-refractivity contribution is 6.04. The van der Waals surface area contributed by atoms with E-state index in [2.05, 4.69) is 27.7 Å². The molecule has 0 spiro atoms. The first-order valence-corrected chi connectivity index (χ1v) is 9.86. The minimum absolute atomic E-state index is 0.103. The van der Waals surface area contributed by atoms with Gasteiger partial charge in [0.15, 0.2) is 11.9 Å². The molecule has 5 unspecified atom stereocenters. The third kappa shape index (κ3) is 3.00. The van der Waals surface area contributed by atoms with Crippen molar-refractivity contribution in [2.24, 2.45) is 22.7 Å². The monoisotopic (exact) mass is 374 g/mol. The first-order chi connectivity index (χ1) is 12.5. The topological polar surface area (TPSA) is 80.7 Å². The summed E-state index contributed by atoms with van der Waals surface area (Å²) in [4.78, 5) is 36.6. The van der Waals surface area contributed by atoms with Crippen molar-refractivity contribution in [1.82, 2.24) is 0 Å². The zero-order valence-corrected chi connectivity index (χ0v) is 16.9. The molecular weight excluding hydrogens is 344 g/mol. The highest BCUT2D eigenvalue weighted by atomic mass is 16.5. The number of ketones is 1. The number of allylic oxidation sites excluding steroid dienone is 2. The molecule has 0 heterocycles. The van der Waals surface area contributed by atoms with E-state index in [9.17, 15) is 19.5 Å². The van der Waals surface area contributed by atoms with E-state index in [1.807, 2.05) is 6.08 Å². The van der Waals surface area contributed by atoms with E-state index in [-0.39, 0.29) is 23.0 Å². The molecule has 27 heavy (non-hydrogen) atoms. The number of hydrogen-bond acceptors (Lipinski definition) is 5. The number of ether oxygens (including phenoxy) is 1. The lowest BCUT2D eigenvalue weighted by Crippen LogP contribution is -2.37. The molecule has 5 atom stereocenters. The number of hydrogen-bond donors (Lipinski definition) is 1. The summed E-state index contributed by atoms with van der Waals surface area (Å²) < 4.78 is 5.47. The number of rotatable bonds is 3. The highest BCUT2D eigenvalue weighted by Crippen LogP contribution is 2.59. The molecular formula is C22H30O5. The predicted molar refractivity (Wildman–Crippen MR) is 101 cm³/mol. The molecule has 0 aromatic heterocycles. The zero-order chi connectivity index (χ0) is 20.1. The van der Waals surface area contributed by atoms with E-state index < -0.39 is 23.6 Å². The predicted octanol–water partition coefficient (Wildman–Crippen LogP) is 3.16. The van der Waals surface area contributed by atoms with Crippen molar-refractivity contribution < 1.29 is 24.2 Å². The lowest BCUT2D eigenvalue weighted by atomic mass is 9.65. The minimum Gasteiger partial charge on any atom is -0.454 e. The van der Waals surface area contributed by atoms with Gasteiger partial charge in [-0.25, -0.2) is 0 Å². The Kier molecular flexibility index (Phi) is 4.96. The number of aliphatic hydroxyl groups excluding tert-OH is 1. The molecule has 0 saturated heterocycles. The molecule has 1 fully saturated rings. The van der Waals surface area contributed by atoms with Gasteiger partial charge in [-0.2, -0.15) is 0 Å². The number of aliphatic hydroxyl groups is 1. The Balaban J connectivity index is 2.21. The molecule has 1 saturated carbocycles. The van der Waals surface area contributed by atoms with Crippen LogP contribution in [0.4, 0.5) is 0 Å². The fourth-order valence-corrected chi connectivity index (χ4v) is 5.65. The zero-order valence-electron chi connectivity index (χ0n) is 16.9. The molecule has 0 aromatic rings. The van der Waals surface area contributed by atoms with Gasteiger partial charge in [0.2, 0.25) is 0 Å². The van der Waals surface area contributed by atoms with Crippen LogP contribution < -0.4 is 0 Å². The van der Waals surface area contributed by atoms with Gasteiger partial charge >= 0.3 is 5.97 Å². The number of fused-ring (bicyclic) bond motifs is 2. The Hall–Kier alpha value is -1.75. The molecule has 3 aliphatic rings. The fraction of sp³-hybridized carbons (Fsp3) is 0.682. The number of carbonyl (C=O) groups excluding carboxylic acids is 3. The van der Waals surface area contributed by atoms with Gasteiger partial charge in [0.1, 0.15) is 6.29 Å². The van der Waals surface area contributed by atoms with Gasteiger partial charge in [0.05, 0.1) is 6.10 Å². The molecule has 0 aromatic carbocycles. The number of carbonyl (C=O) groups is 3. The van der Waals surface area contributed by atoms with Crippen molar-refractivity contribution in [2.75, 3.05) is 0 Å². The van der Waals surface area contributed by atoms with E-state index in [0.29, 0.717) is 17.6 Å². The van der Waals surface area contributed by atoms with Crippen molar-refractivity contribution in [3.8, 4) is 0 Å². The van der Waals surface area contributed by atoms with E-state index in [0.717, 1.165) is 31.1 Å². The summed E-state index contributed by atoms with van der Waals surface area (Å²) in [6, 6.07) is 0. The van der Waals surface area contributed by atoms with Crippen molar-refractivity contribution in [1.29, 1.82) is 0 Å². The first-order valence-electron chi connectivity index (χ1n) is 9.86. The van der Waals surface area contributed by atoms with Crippen LogP contribution in [0.3, 0.4) is 0 Å². The third-order valence-corrected chi connectivity index (χ3v) is 7.11. The lowest BCUT2D eigenvalue weighted by Gasteiger charge is -2.39. The molecule has 0 amide bonds. The number of aldehydes is 1. The van der Waals surface area contributed by atoms with Gasteiger partial charge in [-0.1, -0.05) is 33.8 Å². The summed E-state index contributed by atoms with van der Waals surface area (Å²) in [5, 5.41) is 10.3. The number of Topliss-reactive ketones (excluding diaryl/α,β-unsaturated/α-hetero) is 1. The fourth-order valence-electron chi connectivity index (χ4n) is 5.65. The van der Waals surface area contributed by atoms with Crippen LogP contribution in [0.5, 0.6) is 0 Å². The van der Waals surface area contributed by atoms with Crippen molar-refractivity contribution in [2.45, 2.75) is 72.5 Å². The molecule has 3 rings (SSSR count). The SMILES string of the molecule is CC(=O)OC1C(=O)C2=CC3=C(C=O)C(O)CCC3(C)CCC2(C)C1C(C)C. The maximum absolute atomic E-state index is 13.3. The van der Waals surface area contributed by atoms with Crippen LogP contribution in [-0.2, 0) is 19.1 Å². The summed E-state index contributed by atoms with van der Waals surface area (Å²) in [7, 11) is 0. The van der Waals surface area contributed by atoms with E-state index in [1.165, 1.54) is 6.92 Å². The van der Waals surface area contributed by atoms with Gasteiger partial charge < -0.3 is 9.84 Å². The van der Waals surface area contributed by atoms with E-state index in [4.69, 9.17) is 4.74 Å². The quantitative estimate of drug-likeness (QED) is 0.606.